The summed E-state index contributed by atoms with van der Waals surface area (Å²) < 4.78 is 7.92. The number of ether oxygens (including phenoxy) is 1. The molecule has 2 saturated carbocycles. The number of nitrogens with one attached hydrogen (secondary N) is 3. The molecule has 1 unspecified atom stereocenters. The van der Waals surface area contributed by atoms with Crippen LogP contribution in [-0.2, 0) is 14.4 Å². The number of carbonyl (C=O) groups is 4. The number of nitrogens with zero attached hydrogens (tertiary/aromatic N) is 8. The van der Waals surface area contributed by atoms with Gasteiger partial charge in [-0.15, -0.1) is 0 Å². The number of carbonyl (C=O) groups excluding carboxylic acids is 4. The number of pyridine rings is 1. The monoisotopic (exact) mass is 851 g/mol. The smallest absolute Gasteiger partial charge is 0.270 e. The van der Waals surface area contributed by atoms with E-state index in [4.69, 9.17) is 4.74 Å². The largest absolute Gasteiger partial charge is 0.484 e. The van der Waals surface area contributed by atoms with Crippen molar-refractivity contribution in [2.45, 2.75) is 82.3 Å². The van der Waals surface area contributed by atoms with Crippen LogP contribution in [0.4, 0.5) is 17.2 Å². The average Bonchev–Trinajstić information content (AvgIpc) is 3.71. The Morgan fingerprint density at radius 3 is 2.37 bits per heavy atom. The molecule has 3 aromatic heterocycles. The van der Waals surface area contributed by atoms with Crippen LogP contribution in [0.25, 0.3) is 11.2 Å². The van der Waals surface area contributed by atoms with Gasteiger partial charge in [0, 0.05) is 80.9 Å². The first-order valence-corrected chi connectivity index (χ1v) is 22.3. The Labute approximate surface area is 365 Å². The van der Waals surface area contributed by atoms with E-state index in [0.29, 0.717) is 47.1 Å². The number of anilines is 3. The highest BCUT2D eigenvalue weighted by Crippen LogP contribution is 2.51. The summed E-state index contributed by atoms with van der Waals surface area (Å²) in [4.78, 5) is 74.6. The van der Waals surface area contributed by atoms with E-state index in [1.165, 1.54) is 18.5 Å². The number of benzene rings is 2. The molecule has 2 aliphatic carbocycles. The highest BCUT2D eigenvalue weighted by Gasteiger charge is 2.48. The minimum absolute atomic E-state index is 0.00495. The number of rotatable bonds is 11. The molecule has 1 atom stereocenters. The minimum atomic E-state index is -0.340. The van der Waals surface area contributed by atoms with Crippen LogP contribution >= 0.6 is 0 Å². The number of imide groups is 1. The maximum atomic E-state index is 13.1. The molecule has 5 aromatic rings. The first-order chi connectivity index (χ1) is 30.6. The predicted molar refractivity (Wildman–Crippen MR) is 236 cm³/mol. The first-order valence-electron chi connectivity index (χ1n) is 22.3. The maximum absolute atomic E-state index is 13.1. The van der Waals surface area contributed by atoms with Gasteiger partial charge in [-0.1, -0.05) is 18.2 Å². The van der Waals surface area contributed by atoms with Gasteiger partial charge < -0.3 is 29.7 Å². The van der Waals surface area contributed by atoms with Gasteiger partial charge in [-0.05, 0) is 111 Å². The van der Waals surface area contributed by atoms with E-state index < -0.39 is 0 Å². The molecule has 0 bridgehead atoms. The average molecular weight is 852 g/mol. The zero-order valence-electron chi connectivity index (χ0n) is 35.5. The van der Waals surface area contributed by atoms with Gasteiger partial charge in [0.05, 0.1) is 12.2 Å². The van der Waals surface area contributed by atoms with E-state index in [2.05, 4.69) is 74.5 Å². The fourth-order valence-corrected chi connectivity index (χ4v) is 10.2. The molecule has 326 valence electrons. The lowest BCUT2D eigenvalue weighted by atomic mass is 9.60. The van der Waals surface area contributed by atoms with Crippen molar-refractivity contribution in [3.05, 3.63) is 96.3 Å². The molecule has 5 fully saturated rings. The van der Waals surface area contributed by atoms with Crippen molar-refractivity contribution in [1.29, 1.82) is 0 Å². The van der Waals surface area contributed by atoms with E-state index in [1.54, 1.807) is 24.5 Å². The number of fused-ring (bicyclic) bond motifs is 1. The van der Waals surface area contributed by atoms with Crippen molar-refractivity contribution in [2.24, 2.45) is 5.41 Å². The molecular formula is C47H53N11O5. The molecule has 2 aromatic carbocycles. The highest BCUT2D eigenvalue weighted by molar-refractivity contribution is 6.01. The Bertz CT molecular complexity index is 2500. The number of likely N-dealkylation sites (tertiary alicyclic amines) is 1. The van der Waals surface area contributed by atoms with Crippen LogP contribution in [0, 0.1) is 12.3 Å². The molecule has 3 saturated heterocycles. The van der Waals surface area contributed by atoms with Crippen molar-refractivity contribution in [3.63, 3.8) is 0 Å². The lowest BCUT2D eigenvalue weighted by Crippen LogP contribution is -2.59. The van der Waals surface area contributed by atoms with Gasteiger partial charge in [0.25, 0.3) is 11.8 Å². The van der Waals surface area contributed by atoms with Gasteiger partial charge in [0.2, 0.25) is 11.8 Å². The van der Waals surface area contributed by atoms with Crippen molar-refractivity contribution in [1.82, 2.24) is 44.9 Å². The fourth-order valence-electron chi connectivity index (χ4n) is 10.2. The minimum Gasteiger partial charge on any atom is -0.484 e. The standard InChI is InChI=1S/C47H53N11O5/c1-30-3-2-4-39(51-30)46(62)53-33-23-35(24-33)58-29-50-42-43(48-28-49-44(42)58)52-32-7-9-34(10-8-32)55-19-21-56(22-20-55)36-25-47(26-36)15-17-57(18-16-47)41(60)27-63-37-11-5-31(6-12-37)38-13-14-40(59)54-45(38)61/h2-12,28-29,33,35-36,38H,13-27H2,1H3,(H,53,62)(H,48,49,52)(H,54,59,61). The Balaban J connectivity index is 0.644. The Morgan fingerprint density at radius 2 is 1.63 bits per heavy atom. The summed E-state index contributed by atoms with van der Waals surface area (Å²) in [6, 6.07) is 22.1. The van der Waals surface area contributed by atoms with E-state index in [1.807, 2.05) is 42.4 Å². The zero-order chi connectivity index (χ0) is 43.1. The first kappa shape index (κ1) is 40.6. The molecular weight excluding hydrogens is 799 g/mol. The summed E-state index contributed by atoms with van der Waals surface area (Å²) in [5, 5.41) is 8.97. The number of imidazole rings is 1. The SMILES string of the molecule is Cc1cccc(C(=O)NC2CC(n3cnc4c(Nc5ccc(N6CCN(C7CC8(CCN(C(=O)COc9ccc(C%10CCC(=O)NC%10=O)cc9)CC8)C7)CC6)cc5)ncnc43)C2)n1. The van der Waals surface area contributed by atoms with Gasteiger partial charge in [-0.25, -0.2) is 19.9 Å². The molecule has 5 aliphatic rings. The second-order valence-corrected chi connectivity index (χ2v) is 18.0. The quantitative estimate of drug-likeness (QED) is 0.153. The van der Waals surface area contributed by atoms with Crippen LogP contribution < -0.4 is 25.6 Å². The molecule has 1 spiro atoms. The normalized spacial score (nSPS) is 22.6. The number of hydrogen-bond acceptors (Lipinski definition) is 12. The van der Waals surface area contributed by atoms with E-state index in [0.717, 1.165) is 87.5 Å². The Kier molecular flexibility index (Phi) is 11.0. The summed E-state index contributed by atoms with van der Waals surface area (Å²) in [6.07, 6.45) is 10.3. The number of piperazine rings is 1. The molecule has 16 heteroatoms. The maximum Gasteiger partial charge on any atom is 0.270 e. The molecule has 10 rings (SSSR count). The third-order valence-electron chi connectivity index (χ3n) is 14.0. The van der Waals surface area contributed by atoms with Gasteiger partial charge in [-0.3, -0.25) is 29.4 Å². The van der Waals surface area contributed by atoms with E-state index >= 15 is 0 Å². The van der Waals surface area contributed by atoms with Crippen molar-refractivity contribution in [3.8, 4) is 5.75 Å². The number of amides is 4. The summed E-state index contributed by atoms with van der Waals surface area (Å²) in [5.74, 6) is 0.284. The summed E-state index contributed by atoms with van der Waals surface area (Å²) >= 11 is 0. The van der Waals surface area contributed by atoms with Gasteiger partial charge in [0.1, 0.15) is 17.8 Å². The van der Waals surface area contributed by atoms with Crippen molar-refractivity contribution in [2.75, 3.05) is 56.1 Å². The van der Waals surface area contributed by atoms with Crippen LogP contribution in [0.3, 0.4) is 0 Å². The fraction of sp³-hybridized carbons (Fsp3) is 0.447. The molecule has 63 heavy (non-hydrogen) atoms. The van der Waals surface area contributed by atoms with Crippen molar-refractivity contribution < 1.29 is 23.9 Å². The van der Waals surface area contributed by atoms with Gasteiger partial charge >= 0.3 is 0 Å². The lowest BCUT2D eigenvalue weighted by molar-refractivity contribution is -0.138. The highest BCUT2D eigenvalue weighted by atomic mass is 16.5. The van der Waals surface area contributed by atoms with E-state index in [9.17, 15) is 19.2 Å². The zero-order valence-corrected chi connectivity index (χ0v) is 35.5. The lowest BCUT2D eigenvalue weighted by Gasteiger charge is -2.56. The third-order valence-corrected chi connectivity index (χ3v) is 14.0. The van der Waals surface area contributed by atoms with Crippen LogP contribution in [0.2, 0.25) is 0 Å². The third kappa shape index (κ3) is 8.55. The summed E-state index contributed by atoms with van der Waals surface area (Å²) in [5.41, 5.74) is 6.06. The molecule has 6 heterocycles. The van der Waals surface area contributed by atoms with Gasteiger partial charge in [0.15, 0.2) is 23.6 Å². The second kappa shape index (κ2) is 17.0. The summed E-state index contributed by atoms with van der Waals surface area (Å²) in [6.45, 7) is 7.45. The van der Waals surface area contributed by atoms with E-state index in [-0.39, 0.29) is 48.2 Å². The number of aryl methyl sites for hydroxylation is 1. The topological polar surface area (TPSA) is 180 Å². The van der Waals surface area contributed by atoms with Crippen LogP contribution in [0.15, 0.2) is 79.4 Å². The van der Waals surface area contributed by atoms with Crippen molar-refractivity contribution >= 4 is 52.0 Å². The second-order valence-electron chi connectivity index (χ2n) is 18.0. The van der Waals surface area contributed by atoms with Gasteiger partial charge in [-0.2, -0.15) is 0 Å². The summed E-state index contributed by atoms with van der Waals surface area (Å²) in [7, 11) is 0. The number of aromatic nitrogens is 5. The number of piperidine rings is 2. The molecule has 4 amide bonds. The molecule has 3 aliphatic heterocycles. The predicted octanol–water partition coefficient (Wildman–Crippen LogP) is 4.90. The van der Waals surface area contributed by atoms with Crippen LogP contribution in [0.1, 0.15) is 85.1 Å². The molecule has 3 N–H and O–H groups in total. The Hall–Kier alpha value is -6.42. The van der Waals surface area contributed by atoms with Crippen LogP contribution in [-0.4, -0.2) is 116 Å². The Morgan fingerprint density at radius 1 is 0.873 bits per heavy atom. The number of hydrogen-bond donors (Lipinski definition) is 3. The van der Waals surface area contributed by atoms with Crippen LogP contribution in [0.5, 0.6) is 5.75 Å². The molecule has 16 nitrogen and oxygen atoms in total. The molecule has 0 radical (unpaired) electrons.